The Kier molecular flexibility index (Phi) is 3.37. The van der Waals surface area contributed by atoms with E-state index in [0.29, 0.717) is 0 Å². The first-order chi connectivity index (χ1) is 7.36. The number of hydrogen-bond donors (Lipinski definition) is 0. The molecule has 0 saturated carbocycles. The van der Waals surface area contributed by atoms with Gasteiger partial charge in [0.15, 0.2) is 4.90 Å². The zero-order valence-electron chi connectivity index (χ0n) is 9.40. The van der Waals surface area contributed by atoms with E-state index >= 15 is 0 Å². The molecule has 2 rings (SSSR count). The molecule has 0 saturated heterocycles. The summed E-state index contributed by atoms with van der Waals surface area (Å²) in [6.45, 7) is 5.50. The second-order valence-electron chi connectivity index (χ2n) is 3.70. The molecule has 1 nitrogen and oxygen atoms in total. The minimum Gasteiger partial charge on any atom is -0.343 e. The van der Waals surface area contributed by atoms with Crippen molar-refractivity contribution in [1.82, 2.24) is 4.57 Å². The highest BCUT2D eigenvalue weighted by Gasteiger charge is 2.12. The van der Waals surface area contributed by atoms with Crippen LogP contribution in [-0.2, 0) is 18.3 Å². The number of nitrogens with zero attached hydrogens (tertiary/aromatic N) is 1. The van der Waals surface area contributed by atoms with Crippen molar-refractivity contribution in [3.8, 4) is 0 Å². The van der Waals surface area contributed by atoms with Gasteiger partial charge in [0.1, 0.15) is 5.75 Å². The predicted molar refractivity (Wildman–Crippen MR) is 69.8 cm³/mol. The Hall–Kier alpha value is -0.890. The Balaban J connectivity index is 2.45. The molecule has 2 heteroatoms. The monoisotopic (exact) mass is 220 g/mol. The lowest BCUT2D eigenvalue weighted by atomic mass is 10.2. The van der Waals surface area contributed by atoms with Crippen molar-refractivity contribution in [2.75, 3.05) is 5.75 Å². The molecule has 80 valence electrons. The van der Waals surface area contributed by atoms with Crippen LogP contribution in [0.2, 0.25) is 0 Å². The summed E-state index contributed by atoms with van der Waals surface area (Å²) in [4.78, 5) is 1.48. The summed E-state index contributed by atoms with van der Waals surface area (Å²) in [5.41, 5.74) is 1.37. The number of fused-ring (bicyclic) bond motifs is 1. The molecule has 1 aromatic heterocycles. The van der Waals surface area contributed by atoms with Gasteiger partial charge in [0, 0.05) is 18.3 Å². The summed E-state index contributed by atoms with van der Waals surface area (Å²) < 4.78 is 2.34. The average Bonchev–Trinajstić information content (AvgIpc) is 2.65. The van der Waals surface area contributed by atoms with Crippen molar-refractivity contribution in [2.45, 2.75) is 31.7 Å². The lowest BCUT2D eigenvalue weighted by molar-refractivity contribution is 0.791. The molecule has 0 N–H and O–H groups in total. The van der Waals surface area contributed by atoms with Crippen LogP contribution < -0.4 is 0 Å². The van der Waals surface area contributed by atoms with E-state index in [4.69, 9.17) is 0 Å². The van der Waals surface area contributed by atoms with Gasteiger partial charge in [0.2, 0.25) is 0 Å². The summed E-state index contributed by atoms with van der Waals surface area (Å²) in [7, 11) is 0. The molecule has 0 aliphatic heterocycles. The van der Waals surface area contributed by atoms with Crippen LogP contribution in [0.25, 0.3) is 10.9 Å². The number of aryl methyl sites for hydroxylation is 1. The fourth-order valence-electron chi connectivity index (χ4n) is 1.85. The Morgan fingerprint density at radius 3 is 2.73 bits per heavy atom. The maximum atomic E-state index is 2.34. The van der Waals surface area contributed by atoms with Crippen molar-refractivity contribution in [3.63, 3.8) is 0 Å². The van der Waals surface area contributed by atoms with Gasteiger partial charge in [0.25, 0.3) is 0 Å². The molecule has 1 heterocycles. The third kappa shape index (κ3) is 2.05. The largest absolute Gasteiger partial charge is 0.343 e. The van der Waals surface area contributed by atoms with Crippen LogP contribution in [0.1, 0.15) is 20.3 Å². The maximum Gasteiger partial charge on any atom is 0.178 e. The number of aromatic nitrogens is 1. The Bertz CT molecular complexity index is 445. The summed E-state index contributed by atoms with van der Waals surface area (Å²) in [6.07, 6.45) is 3.56. The molecule has 0 atom stereocenters. The van der Waals surface area contributed by atoms with Crippen molar-refractivity contribution in [3.05, 3.63) is 30.5 Å². The molecule has 0 bridgehead atoms. The van der Waals surface area contributed by atoms with Crippen LogP contribution in [0.15, 0.2) is 35.4 Å². The van der Waals surface area contributed by atoms with Gasteiger partial charge in [0.05, 0.1) is 17.1 Å². The Labute approximate surface area is 95.5 Å². The molecule has 0 fully saturated rings. The van der Waals surface area contributed by atoms with E-state index in [1.165, 1.54) is 39.7 Å². The number of para-hydroxylation sites is 1. The molecule has 0 spiro atoms. The van der Waals surface area contributed by atoms with Gasteiger partial charge >= 0.3 is 0 Å². The van der Waals surface area contributed by atoms with Gasteiger partial charge in [-0.05, 0) is 25.5 Å². The van der Waals surface area contributed by atoms with Crippen LogP contribution in [0.5, 0.6) is 0 Å². The fraction of sp³-hybridized carbons (Fsp3) is 0.385. The van der Waals surface area contributed by atoms with Gasteiger partial charge < -0.3 is 4.57 Å². The molecular formula is C13H18NS+. The van der Waals surface area contributed by atoms with Crippen LogP contribution in [0.4, 0.5) is 0 Å². The second-order valence-corrected chi connectivity index (χ2v) is 4.94. The first-order valence-electron chi connectivity index (χ1n) is 5.62. The zero-order valence-corrected chi connectivity index (χ0v) is 10.3. The van der Waals surface area contributed by atoms with Crippen molar-refractivity contribution in [2.24, 2.45) is 0 Å². The van der Waals surface area contributed by atoms with Crippen LogP contribution in [0.3, 0.4) is 0 Å². The van der Waals surface area contributed by atoms with E-state index in [0.717, 1.165) is 6.54 Å². The van der Waals surface area contributed by atoms with E-state index < -0.39 is 0 Å². The highest BCUT2D eigenvalue weighted by Crippen LogP contribution is 2.22. The summed E-state index contributed by atoms with van der Waals surface area (Å²) >= 11 is 1.46. The highest BCUT2D eigenvalue weighted by molar-refractivity contribution is 7.78. The molecular weight excluding hydrogens is 202 g/mol. The van der Waals surface area contributed by atoms with E-state index in [2.05, 4.69) is 48.9 Å². The van der Waals surface area contributed by atoms with Crippen molar-refractivity contribution >= 4 is 22.7 Å². The summed E-state index contributed by atoms with van der Waals surface area (Å²) in [5, 5.41) is 1.43. The number of rotatable bonds is 4. The normalized spacial score (nSPS) is 11.1. The quantitative estimate of drug-likeness (QED) is 0.550. The number of thiol groups is 1. The minimum atomic E-state index is 1.06. The molecule has 0 unspecified atom stereocenters. The van der Waals surface area contributed by atoms with Gasteiger partial charge in [-0.2, -0.15) is 0 Å². The zero-order chi connectivity index (χ0) is 10.7. The molecule has 0 aliphatic carbocycles. The Morgan fingerprint density at radius 2 is 2.00 bits per heavy atom. The third-order valence-corrected chi connectivity index (χ3v) is 3.98. The molecule has 2 aromatic rings. The van der Waals surface area contributed by atoms with Crippen molar-refractivity contribution < 1.29 is 0 Å². The third-order valence-electron chi connectivity index (χ3n) is 2.61. The predicted octanol–water partition coefficient (Wildman–Crippen LogP) is 3.25. The van der Waals surface area contributed by atoms with E-state index in [-0.39, 0.29) is 0 Å². The fourth-order valence-corrected chi connectivity index (χ4v) is 2.89. The standard InChI is InChI=1S/C13H17NS/c1-3-9-15-13-10-14(4-2)12-8-6-5-7-11(12)13/h5-8,10H,3-4,9H2,1-2H3/p+1. The highest BCUT2D eigenvalue weighted by atomic mass is 32.2. The summed E-state index contributed by atoms with van der Waals surface area (Å²) in [5.74, 6) is 1.26. The lowest BCUT2D eigenvalue weighted by Gasteiger charge is -1.97. The molecule has 1 aromatic carbocycles. The minimum absolute atomic E-state index is 1.06. The van der Waals surface area contributed by atoms with Crippen LogP contribution in [-0.4, -0.2) is 10.3 Å². The summed E-state index contributed by atoms with van der Waals surface area (Å²) in [6, 6.07) is 8.70. The topological polar surface area (TPSA) is 4.93 Å². The van der Waals surface area contributed by atoms with Gasteiger partial charge in [-0.25, -0.2) is 0 Å². The second kappa shape index (κ2) is 4.75. The SMILES string of the molecule is CCC[SH+]c1cn(CC)c2ccccc12. The molecule has 15 heavy (non-hydrogen) atoms. The lowest BCUT2D eigenvalue weighted by Crippen LogP contribution is -1.90. The van der Waals surface area contributed by atoms with Gasteiger partial charge in [-0.1, -0.05) is 19.1 Å². The van der Waals surface area contributed by atoms with E-state index in [9.17, 15) is 0 Å². The smallest absolute Gasteiger partial charge is 0.178 e. The van der Waals surface area contributed by atoms with E-state index in [1.54, 1.807) is 0 Å². The first-order valence-corrected chi connectivity index (χ1v) is 6.70. The average molecular weight is 220 g/mol. The Morgan fingerprint density at radius 1 is 1.20 bits per heavy atom. The van der Waals surface area contributed by atoms with E-state index in [1.807, 2.05) is 0 Å². The number of hydrogen-bond acceptors (Lipinski definition) is 0. The van der Waals surface area contributed by atoms with Crippen molar-refractivity contribution in [1.29, 1.82) is 0 Å². The van der Waals surface area contributed by atoms with Crippen LogP contribution >= 0.6 is 0 Å². The van der Waals surface area contributed by atoms with Crippen LogP contribution in [0, 0.1) is 0 Å². The maximum absolute atomic E-state index is 2.34. The number of benzene rings is 1. The molecule has 0 amide bonds. The first kappa shape index (κ1) is 10.6. The molecule has 0 aliphatic rings. The molecule has 0 radical (unpaired) electrons. The van der Waals surface area contributed by atoms with Gasteiger partial charge in [-0.3, -0.25) is 0 Å². The van der Waals surface area contributed by atoms with Gasteiger partial charge in [-0.15, -0.1) is 0 Å².